The Hall–Kier alpha value is -2.44. The maximum absolute atomic E-state index is 12.8. The van der Waals surface area contributed by atoms with E-state index in [0.717, 1.165) is 12.8 Å². The quantitative estimate of drug-likeness (QED) is 0.837. The van der Waals surface area contributed by atoms with Crippen LogP contribution in [0.25, 0.3) is 0 Å². The summed E-state index contributed by atoms with van der Waals surface area (Å²) in [6.45, 7) is 3.46. The number of sulfonamides is 1. The van der Waals surface area contributed by atoms with Crippen LogP contribution in [-0.4, -0.2) is 35.3 Å². The van der Waals surface area contributed by atoms with Crippen LogP contribution in [0.4, 0.5) is 0 Å². The number of aryl methyl sites for hydroxylation is 2. The zero-order valence-corrected chi connectivity index (χ0v) is 16.5. The zero-order valence-electron chi connectivity index (χ0n) is 15.6. The first-order valence-electron chi connectivity index (χ1n) is 8.85. The summed E-state index contributed by atoms with van der Waals surface area (Å²) < 4.78 is 35.8. The monoisotopic (exact) mass is 389 g/mol. The van der Waals surface area contributed by atoms with E-state index in [2.05, 4.69) is 14.8 Å². The number of hydrogen-bond donors (Lipinski definition) is 1. The molecule has 0 radical (unpaired) electrons. The molecule has 1 N–H and O–H groups in total. The van der Waals surface area contributed by atoms with E-state index in [1.807, 2.05) is 6.07 Å². The summed E-state index contributed by atoms with van der Waals surface area (Å²) in [7, 11) is -1.86. The Morgan fingerprint density at radius 1 is 1.26 bits per heavy atom. The van der Waals surface area contributed by atoms with Crippen molar-refractivity contribution in [2.24, 2.45) is 7.05 Å². The number of pyridine rings is 1. The van der Waals surface area contributed by atoms with Gasteiger partial charge >= 0.3 is 0 Å². The minimum atomic E-state index is -3.60. The van der Waals surface area contributed by atoms with E-state index in [4.69, 9.17) is 10.00 Å². The molecule has 0 amide bonds. The van der Waals surface area contributed by atoms with Gasteiger partial charge in [-0.05, 0) is 45.6 Å². The fourth-order valence-electron chi connectivity index (χ4n) is 3.41. The van der Waals surface area contributed by atoms with E-state index in [1.165, 1.54) is 6.20 Å². The summed E-state index contributed by atoms with van der Waals surface area (Å²) in [5.74, 6) is 0.486. The molecule has 0 aromatic carbocycles. The van der Waals surface area contributed by atoms with E-state index in [-0.39, 0.29) is 17.0 Å². The number of rotatable bonds is 5. The van der Waals surface area contributed by atoms with Crippen LogP contribution >= 0.6 is 0 Å². The molecule has 9 heteroatoms. The van der Waals surface area contributed by atoms with Gasteiger partial charge in [-0.15, -0.1) is 0 Å². The summed E-state index contributed by atoms with van der Waals surface area (Å²) in [4.78, 5) is 4.39. The van der Waals surface area contributed by atoms with Crippen molar-refractivity contribution in [3.63, 3.8) is 0 Å². The highest BCUT2D eigenvalue weighted by atomic mass is 32.2. The number of ether oxygens (including phenoxy) is 1. The molecule has 144 valence electrons. The first-order chi connectivity index (χ1) is 12.8. The Morgan fingerprint density at radius 3 is 2.48 bits per heavy atom. The predicted octanol–water partition coefficient (Wildman–Crippen LogP) is 1.97. The molecule has 8 nitrogen and oxygen atoms in total. The normalized spacial score (nSPS) is 20.2. The molecular formula is C18H23N5O3S. The van der Waals surface area contributed by atoms with E-state index < -0.39 is 10.0 Å². The zero-order chi connectivity index (χ0) is 19.6. The molecule has 1 fully saturated rings. The Kier molecular flexibility index (Phi) is 5.48. The molecular weight excluding hydrogens is 366 g/mol. The Balaban J connectivity index is 1.58. The molecule has 0 saturated heterocycles. The SMILES string of the molecule is Cc1nn(C)c(C)c1S(=O)(=O)NC1CCC(Oc2ccc(C#N)cn2)CC1. The molecule has 0 bridgehead atoms. The summed E-state index contributed by atoms with van der Waals surface area (Å²) in [5.41, 5.74) is 1.62. The van der Waals surface area contributed by atoms with Crippen LogP contribution < -0.4 is 9.46 Å². The molecule has 3 rings (SSSR count). The van der Waals surface area contributed by atoms with Crippen LogP contribution in [0, 0.1) is 25.2 Å². The third kappa shape index (κ3) is 4.28. The third-order valence-electron chi connectivity index (χ3n) is 4.86. The van der Waals surface area contributed by atoms with Crippen molar-refractivity contribution in [3.05, 3.63) is 35.3 Å². The Morgan fingerprint density at radius 2 is 1.96 bits per heavy atom. The van der Waals surface area contributed by atoms with Crippen LogP contribution in [0.1, 0.15) is 42.6 Å². The van der Waals surface area contributed by atoms with Gasteiger partial charge in [0.15, 0.2) is 0 Å². The lowest BCUT2D eigenvalue weighted by Crippen LogP contribution is -2.40. The maximum atomic E-state index is 12.8. The molecule has 0 atom stereocenters. The Bertz CT molecular complexity index is 952. The first kappa shape index (κ1) is 19.3. The first-order valence-corrected chi connectivity index (χ1v) is 10.3. The number of nitriles is 1. The molecule has 2 aromatic heterocycles. The maximum Gasteiger partial charge on any atom is 0.244 e. The van der Waals surface area contributed by atoms with E-state index >= 15 is 0 Å². The van der Waals surface area contributed by atoms with Crippen molar-refractivity contribution in [2.75, 3.05) is 0 Å². The van der Waals surface area contributed by atoms with Crippen molar-refractivity contribution >= 4 is 10.0 Å². The Labute approximate surface area is 159 Å². The highest BCUT2D eigenvalue weighted by Crippen LogP contribution is 2.25. The topological polar surface area (TPSA) is 110 Å². The van der Waals surface area contributed by atoms with Gasteiger partial charge in [-0.3, -0.25) is 4.68 Å². The van der Waals surface area contributed by atoms with Crippen molar-refractivity contribution in [3.8, 4) is 11.9 Å². The highest BCUT2D eigenvalue weighted by molar-refractivity contribution is 7.89. The molecule has 2 heterocycles. The average Bonchev–Trinajstić information content (AvgIpc) is 2.89. The second-order valence-corrected chi connectivity index (χ2v) is 8.48. The molecule has 0 spiro atoms. The van der Waals surface area contributed by atoms with Gasteiger partial charge in [0.05, 0.1) is 17.0 Å². The van der Waals surface area contributed by atoms with Crippen LogP contribution in [0.2, 0.25) is 0 Å². The van der Waals surface area contributed by atoms with Gasteiger partial charge in [0, 0.05) is 25.4 Å². The van der Waals surface area contributed by atoms with Crippen LogP contribution in [-0.2, 0) is 17.1 Å². The lowest BCUT2D eigenvalue weighted by Gasteiger charge is -2.29. The second-order valence-electron chi connectivity index (χ2n) is 6.83. The van der Waals surface area contributed by atoms with Crippen LogP contribution in [0.15, 0.2) is 23.2 Å². The minimum absolute atomic E-state index is 0.00643. The van der Waals surface area contributed by atoms with Gasteiger partial charge in [0.25, 0.3) is 0 Å². The largest absolute Gasteiger partial charge is 0.474 e. The molecule has 1 aliphatic carbocycles. The lowest BCUT2D eigenvalue weighted by atomic mass is 9.94. The average molecular weight is 389 g/mol. The number of aromatic nitrogens is 3. The molecule has 1 aliphatic rings. The molecule has 27 heavy (non-hydrogen) atoms. The summed E-state index contributed by atoms with van der Waals surface area (Å²) in [6.07, 6.45) is 4.33. The summed E-state index contributed by atoms with van der Waals surface area (Å²) >= 11 is 0. The molecule has 1 saturated carbocycles. The second kappa shape index (κ2) is 7.66. The van der Waals surface area contributed by atoms with Gasteiger partial charge in [-0.2, -0.15) is 10.4 Å². The van der Waals surface area contributed by atoms with Gasteiger partial charge in [-0.25, -0.2) is 18.1 Å². The smallest absolute Gasteiger partial charge is 0.244 e. The fourth-order valence-corrected chi connectivity index (χ4v) is 5.15. The van der Waals surface area contributed by atoms with E-state index in [0.29, 0.717) is 35.7 Å². The van der Waals surface area contributed by atoms with E-state index in [1.54, 1.807) is 37.7 Å². The number of hydrogen-bond acceptors (Lipinski definition) is 6. The van der Waals surface area contributed by atoms with Gasteiger partial charge in [0.2, 0.25) is 15.9 Å². The molecule has 0 aliphatic heterocycles. The van der Waals surface area contributed by atoms with Crippen molar-refractivity contribution in [1.29, 1.82) is 5.26 Å². The van der Waals surface area contributed by atoms with Crippen LogP contribution in [0.3, 0.4) is 0 Å². The summed E-state index contributed by atoms with van der Waals surface area (Å²) in [6, 6.07) is 5.25. The third-order valence-corrected chi connectivity index (χ3v) is 6.63. The van der Waals surface area contributed by atoms with Crippen molar-refractivity contribution < 1.29 is 13.2 Å². The van der Waals surface area contributed by atoms with Gasteiger partial charge in [0.1, 0.15) is 17.1 Å². The van der Waals surface area contributed by atoms with Crippen molar-refractivity contribution in [2.45, 2.75) is 56.6 Å². The number of nitrogens with one attached hydrogen (secondary N) is 1. The van der Waals surface area contributed by atoms with Gasteiger partial charge in [-0.1, -0.05) is 0 Å². The van der Waals surface area contributed by atoms with Gasteiger partial charge < -0.3 is 4.74 Å². The predicted molar refractivity (Wildman–Crippen MR) is 98.6 cm³/mol. The van der Waals surface area contributed by atoms with Crippen molar-refractivity contribution in [1.82, 2.24) is 19.5 Å². The fraction of sp³-hybridized carbons (Fsp3) is 0.500. The standard InChI is InChI=1S/C18H23N5O3S/c1-12-18(13(2)23(3)21-12)27(24,25)22-15-5-7-16(8-6-15)26-17-9-4-14(10-19)11-20-17/h4,9,11,15-16,22H,5-8H2,1-3H3. The lowest BCUT2D eigenvalue weighted by molar-refractivity contribution is 0.138. The van der Waals surface area contributed by atoms with E-state index in [9.17, 15) is 8.42 Å². The highest BCUT2D eigenvalue weighted by Gasteiger charge is 2.30. The van der Waals surface area contributed by atoms with Crippen LogP contribution in [0.5, 0.6) is 5.88 Å². The molecule has 2 aromatic rings. The summed E-state index contributed by atoms with van der Waals surface area (Å²) in [5, 5.41) is 13.0. The number of nitrogens with zero attached hydrogens (tertiary/aromatic N) is 4. The molecule has 0 unspecified atom stereocenters. The minimum Gasteiger partial charge on any atom is -0.474 e.